The van der Waals surface area contributed by atoms with Crippen LogP contribution in [-0.4, -0.2) is 47.0 Å². The molecule has 1 aliphatic rings. The zero-order valence-corrected chi connectivity index (χ0v) is 18.8. The van der Waals surface area contributed by atoms with Crippen LogP contribution in [0.3, 0.4) is 0 Å². The van der Waals surface area contributed by atoms with Crippen LogP contribution in [-0.2, 0) is 6.18 Å². The van der Waals surface area contributed by atoms with Crippen LogP contribution in [0.25, 0.3) is 11.4 Å². The summed E-state index contributed by atoms with van der Waals surface area (Å²) >= 11 is 3.37. The average molecular weight is 505 g/mol. The minimum atomic E-state index is -4.43. The van der Waals surface area contributed by atoms with E-state index in [4.69, 9.17) is 0 Å². The molecule has 0 atom stereocenters. The number of hydrogen-bond donors (Lipinski definition) is 0. The van der Waals surface area contributed by atoms with Gasteiger partial charge in [0.2, 0.25) is 0 Å². The molecule has 4 rings (SSSR count). The number of aryl methyl sites for hydroxylation is 1. The number of benzene rings is 2. The number of nitrogens with zero attached hydrogens (tertiary/aromatic N) is 4. The summed E-state index contributed by atoms with van der Waals surface area (Å²) in [5.41, 5.74) is 0.873. The molecule has 5 nitrogen and oxygen atoms in total. The second-order valence-electron chi connectivity index (χ2n) is 7.56. The molecule has 1 amide bonds. The van der Waals surface area contributed by atoms with Crippen molar-refractivity contribution in [2.75, 3.05) is 31.1 Å². The van der Waals surface area contributed by atoms with Gasteiger partial charge < -0.3 is 9.80 Å². The van der Waals surface area contributed by atoms with E-state index in [0.717, 1.165) is 16.6 Å². The molecule has 9 heteroatoms. The van der Waals surface area contributed by atoms with Crippen LogP contribution in [0.1, 0.15) is 21.6 Å². The maximum atomic E-state index is 13.1. The SMILES string of the molecule is Cc1cc(N2CCN(C(=O)c3ccc(Br)cc3)CC2)nc(-c2cccc(C(F)(F)F)c2)n1. The maximum absolute atomic E-state index is 13.1. The van der Waals surface area contributed by atoms with Crippen molar-refractivity contribution in [3.05, 3.63) is 75.9 Å². The van der Waals surface area contributed by atoms with E-state index in [-0.39, 0.29) is 11.7 Å². The van der Waals surface area contributed by atoms with E-state index >= 15 is 0 Å². The third kappa shape index (κ3) is 4.93. The summed E-state index contributed by atoms with van der Waals surface area (Å²) < 4.78 is 40.2. The lowest BCUT2D eigenvalue weighted by Crippen LogP contribution is -2.49. The molecular weight excluding hydrogens is 485 g/mol. The van der Waals surface area contributed by atoms with Gasteiger partial charge in [-0.15, -0.1) is 0 Å². The van der Waals surface area contributed by atoms with Crippen molar-refractivity contribution in [1.29, 1.82) is 0 Å². The fraction of sp³-hybridized carbons (Fsp3) is 0.261. The number of halogens is 4. The molecule has 32 heavy (non-hydrogen) atoms. The quantitative estimate of drug-likeness (QED) is 0.492. The first-order valence-corrected chi connectivity index (χ1v) is 10.8. The second kappa shape index (κ2) is 8.90. The van der Waals surface area contributed by atoms with E-state index in [1.807, 2.05) is 23.1 Å². The summed E-state index contributed by atoms with van der Waals surface area (Å²) in [5, 5.41) is 0. The zero-order chi connectivity index (χ0) is 22.9. The fourth-order valence-electron chi connectivity index (χ4n) is 3.59. The highest BCUT2D eigenvalue weighted by Gasteiger charge is 2.31. The highest BCUT2D eigenvalue weighted by atomic mass is 79.9. The van der Waals surface area contributed by atoms with Crippen LogP contribution in [0.4, 0.5) is 19.0 Å². The van der Waals surface area contributed by atoms with Crippen molar-refractivity contribution in [2.24, 2.45) is 0 Å². The molecule has 2 aromatic carbocycles. The molecular formula is C23H20BrF3N4O. The number of piperazine rings is 1. The van der Waals surface area contributed by atoms with Crippen molar-refractivity contribution in [1.82, 2.24) is 14.9 Å². The number of hydrogen-bond acceptors (Lipinski definition) is 4. The van der Waals surface area contributed by atoms with Crippen LogP contribution in [0.2, 0.25) is 0 Å². The van der Waals surface area contributed by atoms with Gasteiger partial charge in [0.25, 0.3) is 5.91 Å². The third-order valence-corrected chi connectivity index (χ3v) is 5.80. The molecule has 1 fully saturated rings. The Hall–Kier alpha value is -2.94. The van der Waals surface area contributed by atoms with Gasteiger partial charge in [-0.1, -0.05) is 28.1 Å². The Morgan fingerprint density at radius 2 is 1.66 bits per heavy atom. The van der Waals surface area contributed by atoms with Crippen LogP contribution < -0.4 is 4.90 Å². The van der Waals surface area contributed by atoms with E-state index in [1.54, 1.807) is 30.0 Å². The fourth-order valence-corrected chi connectivity index (χ4v) is 3.86. The minimum absolute atomic E-state index is 0.0272. The topological polar surface area (TPSA) is 49.3 Å². The Labute approximate surface area is 192 Å². The first-order chi connectivity index (χ1) is 15.2. The van der Waals surface area contributed by atoms with Crippen molar-refractivity contribution in [3.63, 3.8) is 0 Å². The predicted molar refractivity (Wildman–Crippen MR) is 119 cm³/mol. The number of amides is 1. The highest BCUT2D eigenvalue weighted by molar-refractivity contribution is 9.10. The standard InChI is InChI=1S/C23H20BrF3N4O/c1-15-13-20(29-21(28-15)17-3-2-4-18(14-17)23(25,26)27)30-9-11-31(12-10-30)22(32)16-5-7-19(24)8-6-16/h2-8,13-14H,9-12H2,1H3. The van der Waals surface area contributed by atoms with Gasteiger partial charge in [-0.3, -0.25) is 4.79 Å². The lowest BCUT2D eigenvalue weighted by Gasteiger charge is -2.35. The molecule has 1 aromatic heterocycles. The van der Waals surface area contributed by atoms with Crippen molar-refractivity contribution in [2.45, 2.75) is 13.1 Å². The van der Waals surface area contributed by atoms with Crippen LogP contribution in [0.5, 0.6) is 0 Å². The van der Waals surface area contributed by atoms with Gasteiger partial charge >= 0.3 is 6.18 Å². The van der Waals surface area contributed by atoms with Gasteiger partial charge in [0.05, 0.1) is 5.56 Å². The number of anilines is 1. The zero-order valence-electron chi connectivity index (χ0n) is 17.2. The molecule has 0 saturated carbocycles. The molecule has 1 aliphatic heterocycles. The number of aromatic nitrogens is 2. The molecule has 0 spiro atoms. The largest absolute Gasteiger partial charge is 0.416 e. The summed E-state index contributed by atoms with van der Waals surface area (Å²) in [5.74, 6) is 0.862. The third-order valence-electron chi connectivity index (χ3n) is 5.27. The number of alkyl halides is 3. The van der Waals surface area contributed by atoms with Gasteiger partial charge in [0, 0.05) is 53.5 Å². The van der Waals surface area contributed by atoms with Crippen molar-refractivity contribution < 1.29 is 18.0 Å². The predicted octanol–water partition coefficient (Wildman–Crippen LogP) is 5.20. The number of rotatable bonds is 3. The first kappa shape index (κ1) is 22.3. The van der Waals surface area contributed by atoms with Crippen LogP contribution >= 0.6 is 15.9 Å². The van der Waals surface area contributed by atoms with Gasteiger partial charge in [-0.25, -0.2) is 9.97 Å². The summed E-state index contributed by atoms with van der Waals surface area (Å²) in [7, 11) is 0. The number of carbonyl (C=O) groups excluding carboxylic acids is 1. The summed E-state index contributed by atoms with van der Waals surface area (Å²) in [6, 6.07) is 14.1. The molecule has 1 saturated heterocycles. The van der Waals surface area contributed by atoms with E-state index in [2.05, 4.69) is 25.9 Å². The van der Waals surface area contributed by atoms with Gasteiger partial charge in [-0.2, -0.15) is 13.2 Å². The summed E-state index contributed by atoms with van der Waals surface area (Å²) in [6.07, 6.45) is -4.43. The molecule has 0 aliphatic carbocycles. The van der Waals surface area contributed by atoms with E-state index in [0.29, 0.717) is 48.8 Å². The Morgan fingerprint density at radius 3 is 2.31 bits per heavy atom. The van der Waals surface area contributed by atoms with E-state index in [9.17, 15) is 18.0 Å². The van der Waals surface area contributed by atoms with Crippen molar-refractivity contribution >= 4 is 27.7 Å². The normalized spacial score (nSPS) is 14.5. The average Bonchev–Trinajstić information content (AvgIpc) is 2.78. The minimum Gasteiger partial charge on any atom is -0.353 e. The first-order valence-electron chi connectivity index (χ1n) is 10.0. The molecule has 0 bridgehead atoms. The molecule has 3 aromatic rings. The number of carbonyl (C=O) groups is 1. The monoisotopic (exact) mass is 504 g/mol. The summed E-state index contributed by atoms with van der Waals surface area (Å²) in [4.78, 5) is 25.4. The summed E-state index contributed by atoms with van der Waals surface area (Å²) in [6.45, 7) is 3.98. The molecule has 166 valence electrons. The molecule has 0 N–H and O–H groups in total. The van der Waals surface area contributed by atoms with Gasteiger partial charge in [0.1, 0.15) is 5.82 Å². The highest BCUT2D eigenvalue weighted by Crippen LogP contribution is 2.32. The van der Waals surface area contributed by atoms with Crippen LogP contribution in [0.15, 0.2) is 59.1 Å². The second-order valence-corrected chi connectivity index (χ2v) is 8.47. The maximum Gasteiger partial charge on any atom is 0.416 e. The lowest BCUT2D eigenvalue weighted by molar-refractivity contribution is -0.137. The lowest BCUT2D eigenvalue weighted by atomic mass is 10.1. The Balaban J connectivity index is 1.50. The Kier molecular flexibility index (Phi) is 6.19. The smallest absolute Gasteiger partial charge is 0.353 e. The molecule has 2 heterocycles. The Bertz CT molecular complexity index is 1130. The van der Waals surface area contributed by atoms with Gasteiger partial charge in [0.15, 0.2) is 5.82 Å². The van der Waals surface area contributed by atoms with Gasteiger partial charge in [-0.05, 0) is 43.3 Å². The molecule has 0 radical (unpaired) electrons. The van der Waals surface area contributed by atoms with Crippen LogP contribution in [0, 0.1) is 6.92 Å². The Morgan fingerprint density at radius 1 is 0.969 bits per heavy atom. The van der Waals surface area contributed by atoms with E-state index < -0.39 is 11.7 Å². The van der Waals surface area contributed by atoms with E-state index in [1.165, 1.54) is 6.07 Å². The van der Waals surface area contributed by atoms with Crippen molar-refractivity contribution in [3.8, 4) is 11.4 Å². The molecule has 0 unspecified atom stereocenters.